The van der Waals surface area contributed by atoms with Crippen molar-refractivity contribution in [3.8, 4) is 0 Å². The Kier molecular flexibility index (Phi) is 2.74. The van der Waals surface area contributed by atoms with E-state index in [4.69, 9.17) is 0 Å². The van der Waals surface area contributed by atoms with Crippen molar-refractivity contribution in [2.24, 2.45) is 0 Å². The summed E-state index contributed by atoms with van der Waals surface area (Å²) in [5.41, 5.74) is 2.62. The smallest absolute Gasteiger partial charge is 0.0218 e. The van der Waals surface area contributed by atoms with Crippen molar-refractivity contribution in [2.75, 3.05) is 0 Å². The summed E-state index contributed by atoms with van der Waals surface area (Å²) in [6.45, 7) is 4.37. The highest BCUT2D eigenvalue weighted by molar-refractivity contribution is 6.18. The van der Waals surface area contributed by atoms with E-state index in [2.05, 4.69) is 55.5 Å². The van der Waals surface area contributed by atoms with Crippen molar-refractivity contribution in [1.82, 2.24) is 0 Å². The normalized spacial score (nSPS) is 11.5. The Hall–Kier alpha value is -1.34. The van der Waals surface area contributed by atoms with Crippen molar-refractivity contribution >= 4 is 10.2 Å². The molecule has 0 spiro atoms. The second kappa shape index (κ2) is 4.03. The lowest BCUT2D eigenvalue weighted by Gasteiger charge is -2.25. The van der Waals surface area contributed by atoms with Gasteiger partial charge in [-0.2, -0.15) is 0 Å². The minimum atomic E-state index is -0.0253. The maximum absolute atomic E-state index is 4.37. The molecule has 2 aromatic carbocycles. The maximum atomic E-state index is 4.37. The van der Waals surface area contributed by atoms with Crippen LogP contribution < -0.4 is 0 Å². The average molecular weight is 211 g/mol. The summed E-state index contributed by atoms with van der Waals surface area (Å²) in [4.78, 5) is 0. The number of hydrogen-bond donors (Lipinski definition) is 0. The zero-order chi connectivity index (χ0) is 10.7. The van der Waals surface area contributed by atoms with Crippen LogP contribution in [0, 0.1) is 6.92 Å². The second-order valence-corrected chi connectivity index (χ2v) is 5.77. The minimum absolute atomic E-state index is 0.0253. The zero-order valence-corrected chi connectivity index (χ0v) is 11.0. The first-order valence-electron chi connectivity index (χ1n) is 5.17. The van der Waals surface area contributed by atoms with Crippen LogP contribution in [0.1, 0.15) is 11.1 Å². The van der Waals surface area contributed by atoms with Gasteiger partial charge in [0.1, 0.15) is 0 Å². The van der Waals surface area contributed by atoms with E-state index in [9.17, 15) is 0 Å². The summed E-state index contributed by atoms with van der Waals surface area (Å²) in [6, 6.07) is 21.1. The monoisotopic (exact) mass is 211 g/mol. The molecule has 0 atom stereocenters. The molecule has 0 N–H and O–H groups in total. The van der Waals surface area contributed by atoms with E-state index in [1.807, 2.05) is 12.1 Å². The third kappa shape index (κ3) is 2.02. The van der Waals surface area contributed by atoms with Crippen molar-refractivity contribution in [1.29, 1.82) is 0 Å². The first-order chi connectivity index (χ1) is 7.21. The highest BCUT2D eigenvalue weighted by atomic mass is 28.1. The van der Waals surface area contributed by atoms with Crippen LogP contribution in [0.4, 0.5) is 0 Å². The maximum Gasteiger partial charge on any atom is 0.0218 e. The molecule has 0 aliphatic carbocycles. The van der Waals surface area contributed by atoms with Gasteiger partial charge < -0.3 is 0 Å². The molecule has 0 bridgehead atoms. The van der Waals surface area contributed by atoms with Crippen LogP contribution in [0.25, 0.3) is 0 Å². The van der Waals surface area contributed by atoms with E-state index < -0.39 is 0 Å². The number of rotatable bonds is 2. The predicted octanol–water partition coefficient (Wildman–Crippen LogP) is 2.13. The van der Waals surface area contributed by atoms with Gasteiger partial charge >= 0.3 is 0 Å². The molecular formula is C14H15Si. The third-order valence-electron chi connectivity index (χ3n) is 2.82. The van der Waals surface area contributed by atoms with Crippen LogP contribution in [0.5, 0.6) is 0 Å². The van der Waals surface area contributed by atoms with Gasteiger partial charge in [0.05, 0.1) is 0 Å². The first kappa shape index (κ1) is 10.2. The molecule has 0 nitrogen and oxygen atoms in total. The highest BCUT2D eigenvalue weighted by Gasteiger charge is 2.21. The van der Waals surface area contributed by atoms with Crippen molar-refractivity contribution < 1.29 is 0 Å². The van der Waals surface area contributed by atoms with E-state index in [0.29, 0.717) is 0 Å². The molecule has 2 aromatic rings. The summed E-state index contributed by atoms with van der Waals surface area (Å²) in [7, 11) is 1.01. The van der Waals surface area contributed by atoms with Gasteiger partial charge in [-0.15, -0.1) is 0 Å². The van der Waals surface area contributed by atoms with Crippen LogP contribution in [-0.4, -0.2) is 10.2 Å². The van der Waals surface area contributed by atoms with Gasteiger partial charge in [-0.1, -0.05) is 60.7 Å². The zero-order valence-electron chi connectivity index (χ0n) is 8.98. The fourth-order valence-electron chi connectivity index (χ4n) is 1.78. The van der Waals surface area contributed by atoms with E-state index >= 15 is 0 Å². The van der Waals surface area contributed by atoms with Crippen LogP contribution in [0.15, 0.2) is 60.7 Å². The van der Waals surface area contributed by atoms with Gasteiger partial charge in [0, 0.05) is 15.3 Å². The Bertz CT molecular complexity index is 376. The summed E-state index contributed by atoms with van der Waals surface area (Å²) >= 11 is 0. The fraction of sp³-hybridized carbons (Fsp3) is 0.0714. The van der Waals surface area contributed by atoms with Crippen LogP contribution >= 0.6 is 0 Å². The SMILES string of the molecule is [CH2]C([SiH3])(c1ccccc1)c1ccccc1. The minimum Gasteiger partial charge on any atom is -0.0622 e. The van der Waals surface area contributed by atoms with Crippen LogP contribution in [0.2, 0.25) is 0 Å². The Morgan fingerprint density at radius 3 is 1.40 bits per heavy atom. The lowest BCUT2D eigenvalue weighted by molar-refractivity contribution is 0.917. The standard InChI is InChI=1S/C14H15Si/c1-14(15,12-8-4-2-5-9-12)13-10-6-3-7-11-13/h2-11H,1H2,15H3. The molecule has 0 aromatic heterocycles. The number of hydrogen-bond acceptors (Lipinski definition) is 0. The molecule has 0 saturated heterocycles. The number of benzene rings is 2. The molecule has 75 valence electrons. The molecule has 1 heteroatoms. The average Bonchev–Trinajstić information content (AvgIpc) is 2.31. The summed E-state index contributed by atoms with van der Waals surface area (Å²) in [6.07, 6.45) is 0. The second-order valence-electron chi connectivity index (χ2n) is 4.06. The Balaban J connectivity index is 2.44. The van der Waals surface area contributed by atoms with Gasteiger partial charge in [0.2, 0.25) is 0 Å². The Morgan fingerprint density at radius 2 is 1.07 bits per heavy atom. The van der Waals surface area contributed by atoms with Crippen molar-refractivity contribution in [3.63, 3.8) is 0 Å². The topological polar surface area (TPSA) is 0 Å². The van der Waals surface area contributed by atoms with E-state index in [1.165, 1.54) is 11.1 Å². The van der Waals surface area contributed by atoms with Gasteiger partial charge in [-0.25, -0.2) is 0 Å². The Labute approximate surface area is 94.4 Å². The molecule has 1 radical (unpaired) electrons. The molecule has 0 amide bonds. The predicted molar refractivity (Wildman–Crippen MR) is 69.0 cm³/mol. The summed E-state index contributed by atoms with van der Waals surface area (Å²) in [5.74, 6) is 0. The Morgan fingerprint density at radius 1 is 0.733 bits per heavy atom. The van der Waals surface area contributed by atoms with Crippen molar-refractivity contribution in [3.05, 3.63) is 78.7 Å². The molecular weight excluding hydrogens is 196 g/mol. The van der Waals surface area contributed by atoms with Gasteiger partial charge in [0.15, 0.2) is 0 Å². The van der Waals surface area contributed by atoms with E-state index in [-0.39, 0.29) is 5.04 Å². The lowest BCUT2D eigenvalue weighted by Crippen LogP contribution is -2.23. The molecule has 0 aliphatic rings. The molecule has 15 heavy (non-hydrogen) atoms. The summed E-state index contributed by atoms with van der Waals surface area (Å²) in [5, 5.41) is -0.0253. The molecule has 0 unspecified atom stereocenters. The first-order valence-corrected chi connectivity index (χ1v) is 6.17. The van der Waals surface area contributed by atoms with Crippen molar-refractivity contribution in [2.45, 2.75) is 5.04 Å². The largest absolute Gasteiger partial charge is 0.0622 e. The van der Waals surface area contributed by atoms with Gasteiger partial charge in [-0.05, 0) is 18.1 Å². The van der Waals surface area contributed by atoms with Crippen LogP contribution in [-0.2, 0) is 5.04 Å². The lowest BCUT2D eigenvalue weighted by atomic mass is 9.92. The van der Waals surface area contributed by atoms with Gasteiger partial charge in [-0.3, -0.25) is 0 Å². The molecule has 2 rings (SSSR count). The molecule has 0 saturated carbocycles. The van der Waals surface area contributed by atoms with Gasteiger partial charge in [0.25, 0.3) is 0 Å². The van der Waals surface area contributed by atoms with E-state index in [0.717, 1.165) is 10.2 Å². The molecule has 0 aliphatic heterocycles. The molecule has 0 fully saturated rings. The summed E-state index contributed by atoms with van der Waals surface area (Å²) < 4.78 is 0. The quantitative estimate of drug-likeness (QED) is 0.668. The van der Waals surface area contributed by atoms with Crippen LogP contribution in [0.3, 0.4) is 0 Å². The van der Waals surface area contributed by atoms with E-state index in [1.54, 1.807) is 0 Å². The third-order valence-corrected chi connectivity index (χ3v) is 3.98. The molecule has 0 heterocycles. The highest BCUT2D eigenvalue weighted by Crippen LogP contribution is 2.27. The fourth-order valence-corrected chi connectivity index (χ4v) is 2.45.